The van der Waals surface area contributed by atoms with Crippen molar-refractivity contribution in [3.05, 3.63) is 35.4 Å². The smallest absolute Gasteiger partial charge is 0.00597 e. The molecule has 3 aliphatic carbocycles. The van der Waals surface area contributed by atoms with Crippen molar-refractivity contribution in [2.45, 2.75) is 116 Å². The van der Waals surface area contributed by atoms with E-state index in [4.69, 9.17) is 0 Å². The fraction of sp³-hybridized carbons (Fsp3) is 0.812. The van der Waals surface area contributed by atoms with Crippen LogP contribution in [-0.4, -0.2) is 23.0 Å². The minimum absolute atomic E-state index is 0.664. The van der Waals surface area contributed by atoms with Gasteiger partial charge in [-0.05, 0) is 121 Å². The Labute approximate surface area is 220 Å². The Kier molecular flexibility index (Phi) is 11.1. The van der Waals surface area contributed by atoms with E-state index in [1.807, 2.05) is 0 Å². The summed E-state index contributed by atoms with van der Waals surface area (Å²) in [5.41, 5.74) is 4.11. The first-order valence-corrected chi connectivity index (χ1v) is 17.3. The summed E-state index contributed by atoms with van der Waals surface area (Å²) in [6, 6.07) is 9.55. The minimum Gasteiger partial charge on any atom is -0.162 e. The molecule has 0 amide bonds. The van der Waals surface area contributed by atoms with Gasteiger partial charge in [-0.25, -0.2) is 0 Å². The van der Waals surface area contributed by atoms with Crippen LogP contribution in [0.1, 0.15) is 121 Å². The maximum Gasteiger partial charge on any atom is -0.00597 e. The molecule has 1 aromatic rings. The monoisotopic (exact) mass is 500 g/mol. The Morgan fingerprint density at radius 2 is 1.56 bits per heavy atom. The van der Waals surface area contributed by atoms with Crippen molar-refractivity contribution >= 4 is 23.5 Å². The fourth-order valence-electron chi connectivity index (χ4n) is 7.89. The number of hydrogen-bond acceptors (Lipinski definition) is 2. The van der Waals surface area contributed by atoms with Crippen LogP contribution in [0.5, 0.6) is 0 Å². The number of thioether (sulfide) groups is 2. The van der Waals surface area contributed by atoms with Gasteiger partial charge in [0.25, 0.3) is 0 Å². The Hall–Kier alpha value is -0.0800. The molecule has 34 heavy (non-hydrogen) atoms. The van der Waals surface area contributed by atoms with E-state index in [9.17, 15) is 0 Å². The number of rotatable bonds is 15. The first kappa shape index (κ1) is 27.0. The summed E-state index contributed by atoms with van der Waals surface area (Å²) in [5.74, 6) is 9.33. The van der Waals surface area contributed by atoms with Gasteiger partial charge in [-0.15, -0.1) is 0 Å². The summed E-state index contributed by atoms with van der Waals surface area (Å²) in [7, 11) is 0. The molecule has 0 spiro atoms. The van der Waals surface area contributed by atoms with Crippen LogP contribution in [0, 0.1) is 23.2 Å². The van der Waals surface area contributed by atoms with Gasteiger partial charge in [-0.3, -0.25) is 0 Å². The standard InChI is InChI=1S/C32H52S2/c1-3-4-10-21-33-23-13-24-34-22-11-6-5-7-15-27-25-26-14-8-9-16-28(26)29-18-20-32(2)19-12-17-30(32)31(27)29/h8-9,14,16,27,29-31H,3-7,10-13,15,17-25H2,1-2H3/t27-,29-,30+,31-,32+/m1/s1. The third-order valence-corrected chi connectivity index (χ3v) is 12.0. The molecule has 2 fully saturated rings. The van der Waals surface area contributed by atoms with Gasteiger partial charge in [0.2, 0.25) is 0 Å². The molecular formula is C32H52S2. The van der Waals surface area contributed by atoms with Gasteiger partial charge in [0, 0.05) is 0 Å². The number of hydrogen-bond donors (Lipinski definition) is 0. The van der Waals surface area contributed by atoms with Gasteiger partial charge < -0.3 is 0 Å². The molecule has 0 aromatic heterocycles. The SMILES string of the molecule is CCCCCSCCCSCCCCCC[C@@H]1Cc2ccccc2[C@H]2CC[C@]3(C)CCC[C@H]3[C@H]12. The highest BCUT2D eigenvalue weighted by atomic mass is 32.2. The van der Waals surface area contributed by atoms with Crippen LogP contribution in [-0.2, 0) is 6.42 Å². The quantitative estimate of drug-likeness (QED) is 0.220. The van der Waals surface area contributed by atoms with Crippen LogP contribution in [0.3, 0.4) is 0 Å². The maximum absolute atomic E-state index is 2.65. The van der Waals surface area contributed by atoms with E-state index in [2.05, 4.69) is 61.6 Å². The van der Waals surface area contributed by atoms with Gasteiger partial charge in [-0.1, -0.05) is 76.6 Å². The lowest BCUT2D eigenvalue weighted by atomic mass is 9.52. The lowest BCUT2D eigenvalue weighted by molar-refractivity contribution is 0.0225. The van der Waals surface area contributed by atoms with Gasteiger partial charge in [-0.2, -0.15) is 23.5 Å². The maximum atomic E-state index is 2.65. The molecule has 0 heterocycles. The van der Waals surface area contributed by atoms with Crippen molar-refractivity contribution in [2.75, 3.05) is 23.0 Å². The average molecular weight is 501 g/mol. The zero-order valence-electron chi connectivity index (χ0n) is 22.4. The van der Waals surface area contributed by atoms with Crippen LogP contribution in [0.25, 0.3) is 0 Å². The molecule has 192 valence electrons. The first-order chi connectivity index (χ1) is 16.7. The molecule has 2 saturated carbocycles. The molecule has 0 N–H and O–H groups in total. The zero-order valence-corrected chi connectivity index (χ0v) is 24.0. The zero-order chi connectivity index (χ0) is 23.6. The van der Waals surface area contributed by atoms with Crippen molar-refractivity contribution in [3.63, 3.8) is 0 Å². The molecule has 4 rings (SSSR count). The predicted octanol–water partition coefficient (Wildman–Crippen LogP) is 10.2. The van der Waals surface area contributed by atoms with E-state index in [1.165, 1.54) is 119 Å². The highest BCUT2D eigenvalue weighted by Crippen LogP contribution is 2.62. The number of unbranched alkanes of at least 4 members (excludes halogenated alkanes) is 5. The molecular weight excluding hydrogens is 448 g/mol. The van der Waals surface area contributed by atoms with E-state index in [0.717, 1.165) is 23.7 Å². The molecule has 0 radical (unpaired) electrons. The molecule has 0 nitrogen and oxygen atoms in total. The molecule has 0 aliphatic heterocycles. The van der Waals surface area contributed by atoms with Crippen LogP contribution in [0.15, 0.2) is 24.3 Å². The van der Waals surface area contributed by atoms with Crippen molar-refractivity contribution in [2.24, 2.45) is 23.2 Å². The summed E-state index contributed by atoms with van der Waals surface area (Å²) in [5, 5.41) is 0. The van der Waals surface area contributed by atoms with Crippen LogP contribution in [0.4, 0.5) is 0 Å². The van der Waals surface area contributed by atoms with Gasteiger partial charge in [0.15, 0.2) is 0 Å². The van der Waals surface area contributed by atoms with Crippen molar-refractivity contribution in [1.29, 1.82) is 0 Å². The number of fused-ring (bicyclic) bond motifs is 5. The molecule has 0 bridgehead atoms. The van der Waals surface area contributed by atoms with E-state index >= 15 is 0 Å². The summed E-state index contributed by atoms with van der Waals surface area (Å²) < 4.78 is 0. The predicted molar refractivity (Wildman–Crippen MR) is 156 cm³/mol. The Bertz CT molecular complexity index is 715. The fourth-order valence-corrected chi connectivity index (χ4v) is 9.99. The van der Waals surface area contributed by atoms with Gasteiger partial charge >= 0.3 is 0 Å². The highest BCUT2D eigenvalue weighted by molar-refractivity contribution is 8.00. The van der Waals surface area contributed by atoms with E-state index < -0.39 is 0 Å². The lowest BCUT2D eigenvalue weighted by Gasteiger charge is -2.52. The second-order valence-electron chi connectivity index (χ2n) is 12.0. The van der Waals surface area contributed by atoms with E-state index in [1.54, 1.807) is 11.1 Å². The highest BCUT2D eigenvalue weighted by Gasteiger charge is 2.52. The Balaban J connectivity index is 1.14. The molecule has 2 heteroatoms. The number of benzene rings is 1. The molecule has 0 saturated heterocycles. The third kappa shape index (κ3) is 7.02. The topological polar surface area (TPSA) is 0 Å². The van der Waals surface area contributed by atoms with Crippen molar-refractivity contribution in [1.82, 2.24) is 0 Å². The molecule has 1 aromatic carbocycles. The van der Waals surface area contributed by atoms with Crippen molar-refractivity contribution in [3.8, 4) is 0 Å². The van der Waals surface area contributed by atoms with E-state index in [0.29, 0.717) is 5.41 Å². The Morgan fingerprint density at radius 3 is 2.38 bits per heavy atom. The minimum atomic E-state index is 0.664. The largest absolute Gasteiger partial charge is 0.162 e. The Morgan fingerprint density at radius 1 is 0.824 bits per heavy atom. The van der Waals surface area contributed by atoms with Crippen LogP contribution in [0.2, 0.25) is 0 Å². The van der Waals surface area contributed by atoms with Crippen LogP contribution < -0.4 is 0 Å². The van der Waals surface area contributed by atoms with Crippen LogP contribution >= 0.6 is 23.5 Å². The molecule has 5 atom stereocenters. The molecule has 3 aliphatic rings. The lowest BCUT2D eigenvalue weighted by Crippen LogP contribution is -2.44. The summed E-state index contributed by atoms with van der Waals surface area (Å²) in [6.07, 6.45) is 21.7. The van der Waals surface area contributed by atoms with Gasteiger partial charge in [0.1, 0.15) is 0 Å². The second-order valence-corrected chi connectivity index (χ2v) is 14.5. The van der Waals surface area contributed by atoms with E-state index in [-0.39, 0.29) is 0 Å². The average Bonchev–Trinajstić information content (AvgIpc) is 3.25. The normalized spacial score (nSPS) is 30.1. The molecule has 0 unspecified atom stereocenters. The summed E-state index contributed by atoms with van der Waals surface area (Å²) in [4.78, 5) is 0. The van der Waals surface area contributed by atoms with Crippen molar-refractivity contribution < 1.29 is 0 Å². The summed E-state index contributed by atoms with van der Waals surface area (Å²) >= 11 is 4.39. The first-order valence-electron chi connectivity index (χ1n) is 15.0. The third-order valence-electron chi connectivity index (χ3n) is 9.68. The van der Waals surface area contributed by atoms with Gasteiger partial charge in [0.05, 0.1) is 0 Å². The second kappa shape index (κ2) is 14.0. The summed E-state index contributed by atoms with van der Waals surface area (Å²) in [6.45, 7) is 4.95.